The van der Waals surface area contributed by atoms with Gasteiger partial charge < -0.3 is 20.4 Å². The third-order valence-corrected chi connectivity index (χ3v) is 5.77. The first-order chi connectivity index (χ1) is 13.2. The highest BCUT2D eigenvalue weighted by Gasteiger charge is 2.38. The number of fused-ring (bicyclic) bond motifs is 1. The molecule has 2 heterocycles. The molecule has 4 atom stereocenters. The van der Waals surface area contributed by atoms with Crippen LogP contribution in [0.25, 0.3) is 0 Å². The summed E-state index contributed by atoms with van der Waals surface area (Å²) in [6.07, 6.45) is 8.81. The average molecular weight is 441 g/mol. The number of carbonyl (C=O) groups excluding carboxylic acids is 1. The summed E-state index contributed by atoms with van der Waals surface area (Å²) < 4.78 is 7.81. The fraction of sp³-hybridized carbons (Fsp3) is 0.524. The number of nitrogens with two attached hydrogens (primary N) is 1. The Bertz CT molecular complexity index is 771. The van der Waals surface area contributed by atoms with Crippen LogP contribution in [0.4, 0.5) is 0 Å². The van der Waals surface area contributed by atoms with E-state index < -0.39 is 6.04 Å². The lowest BCUT2D eigenvalue weighted by Gasteiger charge is -2.33. The summed E-state index contributed by atoms with van der Waals surface area (Å²) in [5.41, 5.74) is 8.24. The Morgan fingerprint density at radius 2 is 2.03 bits per heavy atom. The Balaban J connectivity index is 0.00000150. The van der Waals surface area contributed by atoms with Crippen molar-refractivity contribution < 1.29 is 9.53 Å². The molecule has 160 valence electrons. The van der Waals surface area contributed by atoms with Crippen LogP contribution in [0.2, 0.25) is 0 Å². The van der Waals surface area contributed by atoms with Gasteiger partial charge in [-0.1, -0.05) is 30.3 Å². The predicted molar refractivity (Wildman–Crippen MR) is 118 cm³/mol. The number of amides is 1. The number of halogens is 2. The topological polar surface area (TPSA) is 82.2 Å². The molecule has 0 bridgehead atoms. The van der Waals surface area contributed by atoms with E-state index in [0.29, 0.717) is 18.4 Å². The molecule has 1 amide bonds. The summed E-state index contributed by atoms with van der Waals surface area (Å²) in [4.78, 5) is 17.0. The van der Waals surface area contributed by atoms with Gasteiger partial charge in [-0.15, -0.1) is 24.8 Å². The number of ether oxygens (including phenoxy) is 1. The molecule has 2 fully saturated rings. The van der Waals surface area contributed by atoms with Crippen LogP contribution >= 0.6 is 24.8 Å². The summed E-state index contributed by atoms with van der Waals surface area (Å²) in [5.74, 6) is 0.366. The van der Waals surface area contributed by atoms with Crippen LogP contribution < -0.4 is 11.1 Å². The zero-order valence-corrected chi connectivity index (χ0v) is 18.0. The summed E-state index contributed by atoms with van der Waals surface area (Å²) in [6, 6.07) is 9.85. The molecule has 1 aromatic carbocycles. The maximum Gasteiger partial charge on any atom is 0.237 e. The van der Waals surface area contributed by atoms with E-state index in [9.17, 15) is 4.79 Å². The van der Waals surface area contributed by atoms with E-state index in [2.05, 4.69) is 22.4 Å². The largest absolute Gasteiger partial charge is 0.378 e. The van der Waals surface area contributed by atoms with Gasteiger partial charge in [0.15, 0.2) is 0 Å². The summed E-state index contributed by atoms with van der Waals surface area (Å²) in [6.45, 7) is 1.58. The molecular weight excluding hydrogens is 411 g/mol. The van der Waals surface area contributed by atoms with Crippen molar-refractivity contribution in [2.75, 3.05) is 6.61 Å². The molecule has 0 spiro atoms. The van der Waals surface area contributed by atoms with Crippen LogP contribution in [0.15, 0.2) is 42.9 Å². The van der Waals surface area contributed by atoms with E-state index in [4.69, 9.17) is 10.5 Å². The summed E-state index contributed by atoms with van der Waals surface area (Å²) in [5, 5.41) is 3.18. The van der Waals surface area contributed by atoms with Crippen LogP contribution in [0, 0.1) is 5.92 Å². The van der Waals surface area contributed by atoms with Crippen molar-refractivity contribution in [3.05, 3.63) is 54.1 Å². The third-order valence-electron chi connectivity index (χ3n) is 5.77. The van der Waals surface area contributed by atoms with Gasteiger partial charge in [-0.05, 0) is 31.2 Å². The second-order valence-electron chi connectivity index (χ2n) is 7.74. The standard InChI is InChI=1S/C21H28N4O2.2ClH/c22-18(21(26)24-19-7-4-8-20-17(19)9-10-27-20)11-16-13-25(14-23-16)12-15-5-2-1-3-6-15;;/h1-3,5-6,13-14,17-20H,4,7-12,22H2,(H,24,26);2*1H/t17?,18-,19?,20?;;/m0../s1. The molecule has 3 unspecified atom stereocenters. The molecule has 6 nitrogen and oxygen atoms in total. The molecule has 1 saturated carbocycles. The van der Waals surface area contributed by atoms with Gasteiger partial charge in [-0.3, -0.25) is 4.79 Å². The number of nitrogens with zero attached hydrogens (tertiary/aromatic N) is 2. The Labute approximate surface area is 184 Å². The highest BCUT2D eigenvalue weighted by Crippen LogP contribution is 2.34. The first kappa shape index (κ1) is 23.7. The second kappa shape index (κ2) is 11.0. The first-order valence-corrected chi connectivity index (χ1v) is 9.91. The molecule has 1 aliphatic heterocycles. The van der Waals surface area contributed by atoms with Crippen molar-refractivity contribution in [1.29, 1.82) is 0 Å². The average Bonchev–Trinajstić information content (AvgIpc) is 3.32. The van der Waals surface area contributed by atoms with Crippen molar-refractivity contribution >= 4 is 30.7 Å². The summed E-state index contributed by atoms with van der Waals surface area (Å²) in [7, 11) is 0. The smallest absolute Gasteiger partial charge is 0.237 e. The molecule has 1 aromatic heterocycles. The van der Waals surface area contributed by atoms with Gasteiger partial charge in [0, 0.05) is 37.7 Å². The zero-order valence-electron chi connectivity index (χ0n) is 16.4. The molecule has 1 aliphatic carbocycles. The minimum Gasteiger partial charge on any atom is -0.378 e. The van der Waals surface area contributed by atoms with Crippen LogP contribution in [-0.4, -0.2) is 40.3 Å². The molecule has 29 heavy (non-hydrogen) atoms. The van der Waals surface area contributed by atoms with Crippen molar-refractivity contribution in [2.24, 2.45) is 11.7 Å². The SMILES string of the molecule is Cl.Cl.N[C@@H](Cc1cn(Cc2ccccc2)cn1)C(=O)NC1CCCC2OCCC12. The second-order valence-corrected chi connectivity index (χ2v) is 7.74. The van der Waals surface area contributed by atoms with Gasteiger partial charge in [-0.25, -0.2) is 4.98 Å². The Morgan fingerprint density at radius 1 is 1.24 bits per heavy atom. The number of hydrogen-bond donors (Lipinski definition) is 2. The van der Waals surface area contributed by atoms with Crippen molar-refractivity contribution in [2.45, 2.75) is 56.8 Å². The van der Waals surface area contributed by atoms with Crippen LogP contribution in [0.1, 0.15) is 36.9 Å². The van der Waals surface area contributed by atoms with E-state index in [1.54, 1.807) is 6.33 Å². The van der Waals surface area contributed by atoms with Gasteiger partial charge in [0.05, 0.1) is 24.2 Å². The monoisotopic (exact) mass is 440 g/mol. The van der Waals surface area contributed by atoms with E-state index in [1.165, 1.54) is 5.56 Å². The molecule has 4 rings (SSSR count). The number of benzene rings is 1. The minimum absolute atomic E-state index is 0. The van der Waals surface area contributed by atoms with Crippen LogP contribution in [-0.2, 0) is 22.5 Å². The van der Waals surface area contributed by atoms with Gasteiger partial charge in [0.25, 0.3) is 0 Å². The van der Waals surface area contributed by atoms with E-state index in [0.717, 1.165) is 44.5 Å². The van der Waals surface area contributed by atoms with Gasteiger partial charge in [0.1, 0.15) is 0 Å². The molecule has 2 aromatic rings. The summed E-state index contributed by atoms with van der Waals surface area (Å²) >= 11 is 0. The van der Waals surface area contributed by atoms with Crippen molar-refractivity contribution in [3.8, 4) is 0 Å². The Kier molecular flexibility index (Phi) is 8.96. The molecule has 3 N–H and O–H groups in total. The van der Waals surface area contributed by atoms with E-state index >= 15 is 0 Å². The Hall–Kier alpha value is -1.60. The number of imidazole rings is 1. The fourth-order valence-electron chi connectivity index (χ4n) is 4.36. The first-order valence-electron chi connectivity index (χ1n) is 9.91. The van der Waals surface area contributed by atoms with Crippen LogP contribution in [0.3, 0.4) is 0 Å². The molecule has 2 aliphatic rings. The van der Waals surface area contributed by atoms with Crippen LogP contribution in [0.5, 0.6) is 0 Å². The number of hydrogen-bond acceptors (Lipinski definition) is 4. The highest BCUT2D eigenvalue weighted by atomic mass is 35.5. The number of nitrogens with one attached hydrogen (secondary N) is 1. The van der Waals surface area contributed by atoms with Gasteiger partial charge in [-0.2, -0.15) is 0 Å². The number of rotatable bonds is 6. The van der Waals surface area contributed by atoms with Gasteiger partial charge >= 0.3 is 0 Å². The lowest BCUT2D eigenvalue weighted by atomic mass is 9.81. The maximum atomic E-state index is 12.6. The zero-order chi connectivity index (χ0) is 18.6. The van der Waals surface area contributed by atoms with E-state index in [1.807, 2.05) is 29.0 Å². The quantitative estimate of drug-likeness (QED) is 0.723. The normalized spacial score (nSPS) is 24.0. The van der Waals surface area contributed by atoms with Gasteiger partial charge in [0.2, 0.25) is 5.91 Å². The van der Waals surface area contributed by atoms with Crippen molar-refractivity contribution in [3.63, 3.8) is 0 Å². The van der Waals surface area contributed by atoms with Crippen molar-refractivity contribution in [1.82, 2.24) is 14.9 Å². The number of carbonyl (C=O) groups is 1. The predicted octanol–water partition coefficient (Wildman–Crippen LogP) is 2.72. The molecule has 1 saturated heterocycles. The van der Waals surface area contributed by atoms with E-state index in [-0.39, 0.29) is 36.8 Å². The fourth-order valence-corrected chi connectivity index (χ4v) is 4.36. The maximum absolute atomic E-state index is 12.6. The molecular formula is C21H30Cl2N4O2. The number of aromatic nitrogens is 2. The lowest BCUT2D eigenvalue weighted by molar-refractivity contribution is -0.123. The third kappa shape index (κ3) is 5.95. The lowest BCUT2D eigenvalue weighted by Crippen LogP contribution is -2.51. The minimum atomic E-state index is -0.576. The Morgan fingerprint density at radius 3 is 2.83 bits per heavy atom. The molecule has 0 radical (unpaired) electrons. The highest BCUT2D eigenvalue weighted by molar-refractivity contribution is 5.85. The molecule has 8 heteroatoms.